The first-order valence-electron chi connectivity index (χ1n) is 6.68. The molecule has 1 fully saturated rings. The summed E-state index contributed by atoms with van der Waals surface area (Å²) in [6.45, 7) is 0.205. The highest BCUT2D eigenvalue weighted by atomic mass is 16.4. The van der Waals surface area contributed by atoms with Gasteiger partial charge in [0.1, 0.15) is 0 Å². The van der Waals surface area contributed by atoms with E-state index in [9.17, 15) is 14.4 Å². The largest absolute Gasteiger partial charge is 0.478 e. The molecular formula is C14H17N3O4. The first-order valence-corrected chi connectivity index (χ1v) is 6.68. The van der Waals surface area contributed by atoms with E-state index in [4.69, 9.17) is 5.11 Å². The van der Waals surface area contributed by atoms with Crippen LogP contribution in [0.15, 0.2) is 24.3 Å². The maximum Gasteiger partial charge on any atom is 0.335 e. The molecule has 2 rings (SSSR count). The zero-order valence-electron chi connectivity index (χ0n) is 11.4. The van der Waals surface area contributed by atoms with Gasteiger partial charge < -0.3 is 21.1 Å². The van der Waals surface area contributed by atoms with E-state index in [2.05, 4.69) is 16.0 Å². The minimum atomic E-state index is -0.992. The molecule has 0 unspecified atom stereocenters. The van der Waals surface area contributed by atoms with Gasteiger partial charge in [-0.05, 0) is 30.5 Å². The van der Waals surface area contributed by atoms with Crippen LogP contribution in [0.5, 0.6) is 0 Å². The molecule has 0 atom stereocenters. The fourth-order valence-electron chi connectivity index (χ4n) is 1.68. The topological polar surface area (TPSA) is 108 Å². The van der Waals surface area contributed by atoms with Crippen molar-refractivity contribution in [2.24, 2.45) is 0 Å². The molecule has 1 aliphatic rings. The van der Waals surface area contributed by atoms with Crippen LogP contribution in [0.4, 0.5) is 4.79 Å². The predicted octanol–water partition coefficient (Wildman–Crippen LogP) is 0.463. The Bertz CT molecular complexity index is 538. The summed E-state index contributed by atoms with van der Waals surface area (Å²) < 4.78 is 0. The molecule has 1 aliphatic carbocycles. The monoisotopic (exact) mass is 291 g/mol. The van der Waals surface area contributed by atoms with Gasteiger partial charge in [-0.15, -0.1) is 0 Å². The molecule has 1 aromatic carbocycles. The van der Waals surface area contributed by atoms with E-state index < -0.39 is 12.0 Å². The summed E-state index contributed by atoms with van der Waals surface area (Å²) in [5, 5.41) is 16.6. The summed E-state index contributed by atoms with van der Waals surface area (Å²) in [4.78, 5) is 33.6. The third kappa shape index (κ3) is 5.13. The molecule has 1 saturated carbocycles. The van der Waals surface area contributed by atoms with Gasteiger partial charge in [0.05, 0.1) is 12.1 Å². The highest BCUT2D eigenvalue weighted by Gasteiger charge is 2.23. The number of benzene rings is 1. The minimum Gasteiger partial charge on any atom is -0.478 e. The first kappa shape index (κ1) is 14.8. The number of aromatic carboxylic acids is 1. The molecule has 7 heteroatoms. The van der Waals surface area contributed by atoms with Crippen LogP contribution in [0, 0.1) is 0 Å². The van der Waals surface area contributed by atoms with Gasteiger partial charge in [0.15, 0.2) is 0 Å². The van der Waals surface area contributed by atoms with Gasteiger partial charge >= 0.3 is 12.0 Å². The zero-order chi connectivity index (χ0) is 15.2. The van der Waals surface area contributed by atoms with Crippen molar-refractivity contribution >= 4 is 17.9 Å². The van der Waals surface area contributed by atoms with Gasteiger partial charge in [0, 0.05) is 12.6 Å². The number of amides is 3. The number of carboxylic acids is 1. The van der Waals surface area contributed by atoms with Gasteiger partial charge in [-0.3, -0.25) is 4.79 Å². The molecule has 21 heavy (non-hydrogen) atoms. The lowest BCUT2D eigenvalue weighted by Gasteiger charge is -2.08. The maximum atomic E-state index is 11.5. The lowest BCUT2D eigenvalue weighted by atomic mass is 10.1. The predicted molar refractivity (Wildman–Crippen MR) is 74.8 cm³/mol. The molecule has 0 saturated heterocycles. The van der Waals surface area contributed by atoms with Crippen LogP contribution < -0.4 is 16.0 Å². The van der Waals surface area contributed by atoms with Crippen molar-refractivity contribution in [2.45, 2.75) is 25.4 Å². The van der Waals surface area contributed by atoms with Crippen molar-refractivity contribution in [3.63, 3.8) is 0 Å². The van der Waals surface area contributed by atoms with Gasteiger partial charge in [-0.25, -0.2) is 9.59 Å². The number of urea groups is 1. The Morgan fingerprint density at radius 1 is 1.10 bits per heavy atom. The molecule has 0 aromatic heterocycles. The molecule has 3 amide bonds. The number of carbonyl (C=O) groups excluding carboxylic acids is 2. The number of rotatable bonds is 6. The van der Waals surface area contributed by atoms with Crippen LogP contribution >= 0.6 is 0 Å². The number of carboxylic acid groups (broad SMARTS) is 1. The Hall–Kier alpha value is -2.57. The van der Waals surface area contributed by atoms with Crippen LogP contribution in [-0.2, 0) is 11.3 Å². The van der Waals surface area contributed by atoms with Crippen molar-refractivity contribution in [3.8, 4) is 0 Å². The van der Waals surface area contributed by atoms with Crippen molar-refractivity contribution in [1.29, 1.82) is 0 Å². The van der Waals surface area contributed by atoms with Gasteiger partial charge in [0.2, 0.25) is 5.91 Å². The number of carbonyl (C=O) groups is 3. The fraction of sp³-hybridized carbons (Fsp3) is 0.357. The quantitative estimate of drug-likeness (QED) is 0.610. The lowest BCUT2D eigenvalue weighted by molar-refractivity contribution is -0.120. The molecule has 0 bridgehead atoms. The molecule has 7 nitrogen and oxygen atoms in total. The first-order chi connectivity index (χ1) is 10.0. The van der Waals surface area contributed by atoms with Crippen molar-refractivity contribution in [1.82, 2.24) is 16.0 Å². The average molecular weight is 291 g/mol. The third-order valence-electron chi connectivity index (χ3n) is 3.01. The normalized spacial score (nSPS) is 13.3. The Morgan fingerprint density at radius 2 is 1.76 bits per heavy atom. The standard InChI is InChI=1S/C14H17N3O4/c18-12(17-11-5-6-11)8-16-14(21)15-7-9-1-3-10(4-2-9)13(19)20/h1-4,11H,5-8H2,(H,17,18)(H,19,20)(H2,15,16,21). The second-order valence-corrected chi connectivity index (χ2v) is 4.88. The second-order valence-electron chi connectivity index (χ2n) is 4.88. The molecule has 4 N–H and O–H groups in total. The highest BCUT2D eigenvalue weighted by Crippen LogP contribution is 2.18. The molecular weight excluding hydrogens is 274 g/mol. The van der Waals surface area contributed by atoms with E-state index in [0.29, 0.717) is 0 Å². The number of nitrogens with one attached hydrogen (secondary N) is 3. The average Bonchev–Trinajstić information content (AvgIpc) is 3.27. The molecule has 0 radical (unpaired) electrons. The third-order valence-corrected chi connectivity index (χ3v) is 3.01. The van der Waals surface area contributed by atoms with Crippen molar-refractivity contribution < 1.29 is 19.5 Å². The van der Waals surface area contributed by atoms with Gasteiger partial charge in [-0.2, -0.15) is 0 Å². The van der Waals surface area contributed by atoms with Crippen LogP contribution in [0.2, 0.25) is 0 Å². The van der Waals surface area contributed by atoms with Crippen LogP contribution in [-0.4, -0.2) is 35.6 Å². The fourth-order valence-corrected chi connectivity index (χ4v) is 1.68. The van der Waals surface area contributed by atoms with Crippen LogP contribution in [0.25, 0.3) is 0 Å². The number of hydrogen-bond acceptors (Lipinski definition) is 3. The Labute approximate surface area is 121 Å². The smallest absolute Gasteiger partial charge is 0.335 e. The van der Waals surface area contributed by atoms with E-state index in [1.54, 1.807) is 12.1 Å². The van der Waals surface area contributed by atoms with Crippen LogP contribution in [0.1, 0.15) is 28.8 Å². The summed E-state index contributed by atoms with van der Waals surface area (Å²) in [5.41, 5.74) is 0.970. The minimum absolute atomic E-state index is 0.0553. The van der Waals surface area contributed by atoms with Gasteiger partial charge in [0.25, 0.3) is 0 Å². The maximum absolute atomic E-state index is 11.5. The molecule has 1 aromatic rings. The zero-order valence-corrected chi connectivity index (χ0v) is 11.4. The molecule has 0 aliphatic heterocycles. The van der Waals surface area contributed by atoms with Crippen molar-refractivity contribution in [3.05, 3.63) is 35.4 Å². The van der Waals surface area contributed by atoms with E-state index in [-0.39, 0.29) is 30.6 Å². The summed E-state index contributed by atoms with van der Waals surface area (Å²) in [7, 11) is 0. The Kier molecular flexibility index (Phi) is 4.76. The van der Waals surface area contributed by atoms with Gasteiger partial charge in [-0.1, -0.05) is 12.1 Å². The number of hydrogen-bond donors (Lipinski definition) is 4. The summed E-state index contributed by atoms with van der Waals surface area (Å²) in [6, 6.07) is 6.03. The Morgan fingerprint density at radius 3 is 2.33 bits per heavy atom. The SMILES string of the molecule is O=C(CNC(=O)NCc1ccc(C(=O)O)cc1)NC1CC1. The van der Waals surface area contributed by atoms with E-state index in [1.165, 1.54) is 12.1 Å². The molecule has 0 spiro atoms. The van der Waals surface area contributed by atoms with E-state index >= 15 is 0 Å². The summed E-state index contributed by atoms with van der Waals surface area (Å²) >= 11 is 0. The summed E-state index contributed by atoms with van der Waals surface area (Å²) in [6.07, 6.45) is 2.01. The second kappa shape index (κ2) is 6.74. The molecule has 112 valence electrons. The van der Waals surface area contributed by atoms with Crippen molar-refractivity contribution in [2.75, 3.05) is 6.54 Å². The molecule has 0 heterocycles. The summed E-state index contributed by atoms with van der Waals surface area (Å²) in [5.74, 6) is -1.19. The highest BCUT2D eigenvalue weighted by molar-refractivity contribution is 5.87. The van der Waals surface area contributed by atoms with Crippen LogP contribution in [0.3, 0.4) is 0 Å². The Balaban J connectivity index is 1.67. The lowest BCUT2D eigenvalue weighted by Crippen LogP contribution is -2.42. The van der Waals surface area contributed by atoms with E-state index in [1.807, 2.05) is 0 Å². The van der Waals surface area contributed by atoms with E-state index in [0.717, 1.165) is 18.4 Å².